The highest BCUT2D eigenvalue weighted by Gasteiger charge is 2.44. The highest BCUT2D eigenvalue weighted by molar-refractivity contribution is 5.76. The summed E-state index contributed by atoms with van der Waals surface area (Å²) in [5.74, 6) is -0.149. The Morgan fingerprint density at radius 2 is 0.875 bits per heavy atom. The van der Waals surface area contributed by atoms with Gasteiger partial charge in [-0.1, -0.05) is 244 Å². The first-order chi connectivity index (χ1) is 31.3. The minimum Gasteiger partial charge on any atom is -0.394 e. The van der Waals surface area contributed by atoms with Crippen LogP contribution in [0.25, 0.3) is 0 Å². The Bertz CT molecular complexity index is 1010. The fraction of sp³-hybridized carbons (Fsp3) is 0.945. The predicted molar refractivity (Wildman–Crippen MR) is 267 cm³/mol. The van der Waals surface area contributed by atoms with E-state index >= 15 is 0 Å². The Balaban J connectivity index is 2.20. The molecule has 0 aromatic rings. The average molecular weight is 910 g/mol. The highest BCUT2D eigenvalue weighted by Crippen LogP contribution is 2.23. The van der Waals surface area contributed by atoms with E-state index in [4.69, 9.17) is 9.47 Å². The first kappa shape index (κ1) is 60.9. The van der Waals surface area contributed by atoms with Crippen molar-refractivity contribution < 1.29 is 39.8 Å². The second-order valence-corrected chi connectivity index (χ2v) is 19.7. The van der Waals surface area contributed by atoms with E-state index in [2.05, 4.69) is 31.3 Å². The number of carbonyl (C=O) groups excluding carboxylic acids is 1. The van der Waals surface area contributed by atoms with Crippen molar-refractivity contribution in [2.24, 2.45) is 0 Å². The van der Waals surface area contributed by atoms with Gasteiger partial charge in [-0.25, -0.2) is 0 Å². The van der Waals surface area contributed by atoms with Gasteiger partial charge < -0.3 is 40.3 Å². The van der Waals surface area contributed by atoms with E-state index in [9.17, 15) is 30.3 Å². The van der Waals surface area contributed by atoms with Crippen LogP contribution >= 0.6 is 0 Å². The molecule has 1 saturated heterocycles. The van der Waals surface area contributed by atoms with Gasteiger partial charge in [-0.2, -0.15) is 0 Å². The monoisotopic (exact) mass is 910 g/mol. The van der Waals surface area contributed by atoms with Gasteiger partial charge in [-0.15, -0.1) is 0 Å². The number of nitrogens with one attached hydrogen (secondary N) is 1. The zero-order valence-electron chi connectivity index (χ0n) is 42.1. The van der Waals surface area contributed by atoms with Gasteiger partial charge in [0.05, 0.1) is 25.4 Å². The first-order valence-electron chi connectivity index (χ1n) is 27.9. The van der Waals surface area contributed by atoms with Crippen LogP contribution < -0.4 is 5.32 Å². The summed E-state index contributed by atoms with van der Waals surface area (Å²) >= 11 is 0. The van der Waals surface area contributed by atoms with E-state index in [0.29, 0.717) is 12.8 Å². The van der Waals surface area contributed by atoms with Crippen LogP contribution in [-0.4, -0.2) is 87.5 Å². The van der Waals surface area contributed by atoms with Crippen molar-refractivity contribution in [1.82, 2.24) is 5.32 Å². The van der Waals surface area contributed by atoms with E-state index in [1.807, 2.05) is 0 Å². The molecule has 64 heavy (non-hydrogen) atoms. The van der Waals surface area contributed by atoms with Crippen LogP contribution in [0.15, 0.2) is 12.2 Å². The topological polar surface area (TPSA) is 149 Å². The van der Waals surface area contributed by atoms with Gasteiger partial charge in [0.1, 0.15) is 24.4 Å². The summed E-state index contributed by atoms with van der Waals surface area (Å²) in [4.78, 5) is 13.0. The largest absolute Gasteiger partial charge is 0.394 e. The number of unbranched alkanes of at least 4 members (excludes halogenated alkanes) is 36. The molecular formula is C55H107NO8. The van der Waals surface area contributed by atoms with Crippen LogP contribution in [0.3, 0.4) is 0 Å². The molecule has 7 atom stereocenters. The van der Waals surface area contributed by atoms with Crippen molar-refractivity contribution in [1.29, 1.82) is 0 Å². The highest BCUT2D eigenvalue weighted by atomic mass is 16.7. The van der Waals surface area contributed by atoms with Crippen molar-refractivity contribution in [2.75, 3.05) is 13.2 Å². The predicted octanol–water partition coefficient (Wildman–Crippen LogP) is 13.2. The quantitative estimate of drug-likeness (QED) is 0.0261. The molecule has 1 amide bonds. The number of ether oxygens (including phenoxy) is 2. The van der Waals surface area contributed by atoms with Gasteiger partial charge in [0.15, 0.2) is 6.29 Å². The molecule has 380 valence electrons. The summed E-state index contributed by atoms with van der Waals surface area (Å²) in [6.07, 6.45) is 48.1. The van der Waals surface area contributed by atoms with E-state index in [1.165, 1.54) is 199 Å². The molecule has 9 nitrogen and oxygen atoms in total. The molecule has 0 radical (unpaired) electrons. The number of aliphatic hydroxyl groups is 5. The van der Waals surface area contributed by atoms with Crippen LogP contribution in [0.1, 0.15) is 277 Å². The van der Waals surface area contributed by atoms with E-state index in [0.717, 1.165) is 51.4 Å². The molecule has 0 saturated carbocycles. The standard InChI is InChI=1S/C55H107NO8/c1-3-5-7-9-11-13-15-17-19-21-22-23-24-25-26-27-28-29-30-32-34-36-38-40-42-44-49(58)48(47-63-55-54(62)53(61)52(60)50(46-57)64-55)56-51(59)45-43-41-39-37-35-33-31-20-18-16-14-12-10-8-6-4-2/h20,31,48-50,52-55,57-58,60-62H,3-19,21-30,32-47H2,1-2H3,(H,56,59)/b31-20-. The van der Waals surface area contributed by atoms with Gasteiger partial charge >= 0.3 is 0 Å². The summed E-state index contributed by atoms with van der Waals surface area (Å²) in [6, 6.07) is -0.720. The van der Waals surface area contributed by atoms with E-state index < -0.39 is 49.5 Å². The zero-order valence-corrected chi connectivity index (χ0v) is 42.1. The van der Waals surface area contributed by atoms with Crippen molar-refractivity contribution in [3.8, 4) is 0 Å². The second kappa shape index (κ2) is 45.7. The van der Waals surface area contributed by atoms with Gasteiger partial charge in [-0.05, 0) is 38.5 Å². The molecular weight excluding hydrogens is 803 g/mol. The minimum atomic E-state index is -1.55. The molecule has 1 fully saturated rings. The molecule has 1 aliphatic rings. The molecule has 7 unspecified atom stereocenters. The first-order valence-corrected chi connectivity index (χ1v) is 27.9. The summed E-state index contributed by atoms with van der Waals surface area (Å²) < 4.78 is 11.3. The molecule has 0 aromatic heterocycles. The summed E-state index contributed by atoms with van der Waals surface area (Å²) in [5.41, 5.74) is 0. The second-order valence-electron chi connectivity index (χ2n) is 19.7. The van der Waals surface area contributed by atoms with Crippen molar-refractivity contribution in [2.45, 2.75) is 320 Å². The van der Waals surface area contributed by atoms with Crippen LogP contribution in [-0.2, 0) is 14.3 Å². The summed E-state index contributed by atoms with van der Waals surface area (Å²) in [7, 11) is 0. The number of carbonyl (C=O) groups is 1. The molecule has 1 rings (SSSR count). The number of hydrogen-bond donors (Lipinski definition) is 6. The van der Waals surface area contributed by atoms with Gasteiger partial charge in [0.2, 0.25) is 5.91 Å². The zero-order chi connectivity index (χ0) is 46.6. The van der Waals surface area contributed by atoms with Gasteiger partial charge in [0, 0.05) is 6.42 Å². The Hall–Kier alpha value is -1.07. The molecule has 0 spiro atoms. The average Bonchev–Trinajstić information content (AvgIpc) is 3.29. The van der Waals surface area contributed by atoms with Crippen LogP contribution in [0.2, 0.25) is 0 Å². The maximum atomic E-state index is 13.0. The van der Waals surface area contributed by atoms with Crippen LogP contribution in [0, 0.1) is 0 Å². The van der Waals surface area contributed by atoms with Gasteiger partial charge in [0.25, 0.3) is 0 Å². The minimum absolute atomic E-state index is 0.137. The fourth-order valence-electron chi connectivity index (χ4n) is 9.16. The Labute approximate surface area is 395 Å². The lowest BCUT2D eigenvalue weighted by Gasteiger charge is -2.40. The molecule has 0 bridgehead atoms. The number of hydrogen-bond acceptors (Lipinski definition) is 8. The lowest BCUT2D eigenvalue weighted by Crippen LogP contribution is -2.60. The Morgan fingerprint density at radius 1 is 0.516 bits per heavy atom. The Kier molecular flexibility index (Phi) is 43.5. The van der Waals surface area contributed by atoms with Crippen molar-refractivity contribution in [3.05, 3.63) is 12.2 Å². The van der Waals surface area contributed by atoms with Crippen LogP contribution in [0.4, 0.5) is 0 Å². The smallest absolute Gasteiger partial charge is 0.220 e. The molecule has 0 aromatic carbocycles. The molecule has 0 aliphatic carbocycles. The molecule has 1 heterocycles. The third-order valence-corrected chi connectivity index (χ3v) is 13.6. The summed E-state index contributed by atoms with van der Waals surface area (Å²) in [5, 5.41) is 54.6. The van der Waals surface area contributed by atoms with E-state index in [1.54, 1.807) is 0 Å². The van der Waals surface area contributed by atoms with Gasteiger partial charge in [-0.3, -0.25) is 4.79 Å². The maximum Gasteiger partial charge on any atom is 0.220 e. The number of allylic oxidation sites excluding steroid dienone is 2. The molecule has 9 heteroatoms. The third kappa shape index (κ3) is 35.1. The maximum absolute atomic E-state index is 13.0. The van der Waals surface area contributed by atoms with Crippen molar-refractivity contribution >= 4 is 5.91 Å². The van der Waals surface area contributed by atoms with E-state index in [-0.39, 0.29) is 12.5 Å². The van der Waals surface area contributed by atoms with Crippen LogP contribution in [0.5, 0.6) is 0 Å². The lowest BCUT2D eigenvalue weighted by molar-refractivity contribution is -0.302. The van der Waals surface area contributed by atoms with Crippen molar-refractivity contribution in [3.63, 3.8) is 0 Å². The number of amides is 1. The third-order valence-electron chi connectivity index (χ3n) is 13.6. The summed E-state index contributed by atoms with van der Waals surface area (Å²) in [6.45, 7) is 3.86. The number of rotatable bonds is 48. The molecule has 6 N–H and O–H groups in total. The normalized spacial score (nSPS) is 20.0. The SMILES string of the molecule is CCCCCCCCC/C=C\CCCCCCCC(=O)NC(COC1OC(CO)C(O)C(O)C1O)C(O)CCCCCCCCCCCCCCCCCCCCCCCCCCC. The Morgan fingerprint density at radius 3 is 1.27 bits per heavy atom. The lowest BCUT2D eigenvalue weighted by atomic mass is 9.99. The number of aliphatic hydroxyl groups excluding tert-OH is 5. The molecule has 1 aliphatic heterocycles. The fourth-order valence-corrected chi connectivity index (χ4v) is 9.16.